The summed E-state index contributed by atoms with van der Waals surface area (Å²) in [5, 5.41) is 2.97. The molecule has 2 aromatic rings. The highest BCUT2D eigenvalue weighted by molar-refractivity contribution is 5.90. The van der Waals surface area contributed by atoms with Gasteiger partial charge in [0, 0.05) is 37.6 Å². The lowest BCUT2D eigenvalue weighted by molar-refractivity contribution is 0.208. The zero-order valence-corrected chi connectivity index (χ0v) is 15.2. The van der Waals surface area contributed by atoms with Crippen LogP contribution in [0.5, 0.6) is 5.75 Å². The molecule has 6 heteroatoms. The molecular formula is C20H24FN3O2. The number of hydrogen-bond donors (Lipinski definition) is 1. The second kappa shape index (κ2) is 8.08. The van der Waals surface area contributed by atoms with Crippen molar-refractivity contribution >= 4 is 17.4 Å². The fraction of sp³-hybridized carbons (Fsp3) is 0.350. The third-order valence-electron chi connectivity index (χ3n) is 4.51. The molecule has 0 aliphatic carbocycles. The fourth-order valence-corrected chi connectivity index (χ4v) is 3.05. The number of nitrogens with zero attached hydrogens (tertiary/aromatic N) is 2. The van der Waals surface area contributed by atoms with Crippen molar-refractivity contribution in [2.45, 2.75) is 13.8 Å². The highest BCUT2D eigenvalue weighted by Gasteiger charge is 2.21. The number of anilines is 2. The van der Waals surface area contributed by atoms with Crippen molar-refractivity contribution in [3.8, 4) is 5.75 Å². The number of aryl methyl sites for hydroxylation is 1. The number of piperazine rings is 1. The van der Waals surface area contributed by atoms with Gasteiger partial charge in [-0.3, -0.25) is 0 Å². The third-order valence-corrected chi connectivity index (χ3v) is 4.51. The SMILES string of the molecule is CCOc1ccc(NC(=O)N2CCN(c3ccc(F)cc3)CC2)c(C)c1. The van der Waals surface area contributed by atoms with Crippen LogP contribution in [0.2, 0.25) is 0 Å². The molecule has 0 aromatic heterocycles. The van der Waals surface area contributed by atoms with Gasteiger partial charge in [-0.15, -0.1) is 0 Å². The third kappa shape index (κ3) is 4.25. The van der Waals surface area contributed by atoms with Gasteiger partial charge in [0.2, 0.25) is 0 Å². The number of halogens is 1. The first-order valence-electron chi connectivity index (χ1n) is 8.86. The highest BCUT2D eigenvalue weighted by atomic mass is 19.1. The molecule has 1 fully saturated rings. The average Bonchev–Trinajstić information content (AvgIpc) is 2.65. The summed E-state index contributed by atoms with van der Waals surface area (Å²) in [5.41, 5.74) is 2.74. The molecule has 1 aliphatic rings. The summed E-state index contributed by atoms with van der Waals surface area (Å²) in [4.78, 5) is 16.5. The van der Waals surface area contributed by atoms with Crippen molar-refractivity contribution in [2.75, 3.05) is 43.0 Å². The lowest BCUT2D eigenvalue weighted by atomic mass is 10.2. The molecule has 1 aliphatic heterocycles. The molecule has 5 nitrogen and oxygen atoms in total. The first-order valence-corrected chi connectivity index (χ1v) is 8.86. The zero-order valence-electron chi connectivity index (χ0n) is 15.2. The molecule has 0 spiro atoms. The summed E-state index contributed by atoms with van der Waals surface area (Å²) >= 11 is 0. The number of benzene rings is 2. The molecule has 138 valence electrons. The number of nitrogens with one attached hydrogen (secondary N) is 1. The Kier molecular flexibility index (Phi) is 5.61. The molecule has 0 atom stereocenters. The van der Waals surface area contributed by atoms with Crippen LogP contribution < -0.4 is 15.0 Å². The summed E-state index contributed by atoms with van der Waals surface area (Å²) in [6.07, 6.45) is 0. The van der Waals surface area contributed by atoms with Crippen molar-refractivity contribution in [3.63, 3.8) is 0 Å². The number of rotatable bonds is 4. The van der Waals surface area contributed by atoms with E-state index in [2.05, 4.69) is 10.2 Å². The number of carbonyl (C=O) groups is 1. The number of carbonyl (C=O) groups excluding carboxylic acids is 1. The molecule has 1 N–H and O–H groups in total. The largest absolute Gasteiger partial charge is 0.494 e. The predicted molar refractivity (Wildman–Crippen MR) is 102 cm³/mol. The molecule has 2 aromatic carbocycles. The Labute approximate surface area is 153 Å². The summed E-state index contributed by atoms with van der Waals surface area (Å²) in [5.74, 6) is 0.563. The first-order chi connectivity index (χ1) is 12.6. The molecule has 26 heavy (non-hydrogen) atoms. The quantitative estimate of drug-likeness (QED) is 0.903. The molecule has 0 radical (unpaired) electrons. The number of urea groups is 1. The van der Waals surface area contributed by atoms with E-state index in [0.717, 1.165) is 35.8 Å². The van der Waals surface area contributed by atoms with E-state index in [1.165, 1.54) is 12.1 Å². The van der Waals surface area contributed by atoms with E-state index in [0.29, 0.717) is 19.7 Å². The average molecular weight is 357 g/mol. The maximum absolute atomic E-state index is 13.0. The van der Waals surface area contributed by atoms with E-state index in [4.69, 9.17) is 4.74 Å². The fourth-order valence-electron chi connectivity index (χ4n) is 3.05. The molecular weight excluding hydrogens is 333 g/mol. The van der Waals surface area contributed by atoms with E-state index < -0.39 is 0 Å². The summed E-state index contributed by atoms with van der Waals surface area (Å²) in [6, 6.07) is 12.0. The lowest BCUT2D eigenvalue weighted by Gasteiger charge is -2.36. The van der Waals surface area contributed by atoms with E-state index in [-0.39, 0.29) is 11.8 Å². The lowest BCUT2D eigenvalue weighted by Crippen LogP contribution is -2.50. The van der Waals surface area contributed by atoms with Gasteiger partial charge in [-0.2, -0.15) is 0 Å². The smallest absolute Gasteiger partial charge is 0.321 e. The topological polar surface area (TPSA) is 44.8 Å². The molecule has 0 unspecified atom stereocenters. The van der Waals surface area contributed by atoms with Crippen molar-refractivity contribution in [2.24, 2.45) is 0 Å². The molecule has 3 rings (SSSR count). The molecule has 0 bridgehead atoms. The first kappa shape index (κ1) is 18.0. The Hall–Kier alpha value is -2.76. The molecule has 0 saturated carbocycles. The molecule has 1 saturated heterocycles. The monoisotopic (exact) mass is 357 g/mol. The van der Waals surface area contributed by atoms with Gasteiger partial charge in [0.05, 0.1) is 6.61 Å². The van der Waals surface area contributed by atoms with Gasteiger partial charge in [0.1, 0.15) is 11.6 Å². The molecule has 2 amide bonds. The number of ether oxygens (including phenoxy) is 1. The van der Waals surface area contributed by atoms with Crippen LogP contribution in [0, 0.1) is 12.7 Å². The second-order valence-corrected chi connectivity index (χ2v) is 6.29. The van der Waals surface area contributed by atoms with Crippen LogP contribution in [0.25, 0.3) is 0 Å². The standard InChI is InChI=1S/C20H24FN3O2/c1-3-26-18-8-9-19(15(2)14-18)22-20(25)24-12-10-23(11-13-24)17-6-4-16(21)5-7-17/h4-9,14H,3,10-13H2,1-2H3,(H,22,25). The number of hydrogen-bond acceptors (Lipinski definition) is 3. The Morgan fingerprint density at radius 3 is 2.42 bits per heavy atom. The van der Waals surface area contributed by atoms with Crippen molar-refractivity contribution < 1.29 is 13.9 Å². The summed E-state index contributed by atoms with van der Waals surface area (Å²) in [7, 11) is 0. The van der Waals surface area contributed by atoms with Crippen molar-refractivity contribution in [1.29, 1.82) is 0 Å². The van der Waals surface area contributed by atoms with E-state index in [1.807, 2.05) is 32.0 Å². The van der Waals surface area contributed by atoms with E-state index in [1.54, 1.807) is 17.0 Å². The summed E-state index contributed by atoms with van der Waals surface area (Å²) < 4.78 is 18.5. The minimum Gasteiger partial charge on any atom is -0.494 e. The van der Waals surface area contributed by atoms with Crippen molar-refractivity contribution in [1.82, 2.24) is 4.90 Å². The minimum absolute atomic E-state index is 0.101. The number of amides is 2. The predicted octanol–water partition coefficient (Wildman–Crippen LogP) is 3.89. The van der Waals surface area contributed by atoms with E-state index in [9.17, 15) is 9.18 Å². The Balaban J connectivity index is 1.56. The van der Waals surface area contributed by atoms with E-state index >= 15 is 0 Å². The van der Waals surface area contributed by atoms with Crippen LogP contribution in [0.4, 0.5) is 20.6 Å². The van der Waals surface area contributed by atoms with Crippen LogP contribution in [0.15, 0.2) is 42.5 Å². The van der Waals surface area contributed by atoms with Crippen LogP contribution in [-0.2, 0) is 0 Å². The highest BCUT2D eigenvalue weighted by Crippen LogP contribution is 2.22. The van der Waals surface area contributed by atoms with Crippen LogP contribution in [0.1, 0.15) is 12.5 Å². The Morgan fingerprint density at radius 1 is 1.12 bits per heavy atom. The van der Waals surface area contributed by atoms with Gasteiger partial charge in [0.25, 0.3) is 0 Å². The zero-order chi connectivity index (χ0) is 18.5. The van der Waals surface area contributed by atoms with Crippen LogP contribution in [-0.4, -0.2) is 43.7 Å². The van der Waals surface area contributed by atoms with Gasteiger partial charge < -0.3 is 19.9 Å². The normalized spacial score (nSPS) is 14.3. The Morgan fingerprint density at radius 2 is 1.81 bits per heavy atom. The Bertz CT molecular complexity index is 756. The maximum Gasteiger partial charge on any atom is 0.321 e. The molecule has 1 heterocycles. The van der Waals surface area contributed by atoms with Gasteiger partial charge >= 0.3 is 6.03 Å². The van der Waals surface area contributed by atoms with Gasteiger partial charge in [-0.25, -0.2) is 9.18 Å². The van der Waals surface area contributed by atoms with Gasteiger partial charge in [-0.05, 0) is 61.9 Å². The minimum atomic E-state index is -0.238. The van der Waals surface area contributed by atoms with Gasteiger partial charge in [0.15, 0.2) is 0 Å². The van der Waals surface area contributed by atoms with Crippen molar-refractivity contribution in [3.05, 3.63) is 53.8 Å². The van der Waals surface area contributed by atoms with Crippen LogP contribution in [0.3, 0.4) is 0 Å². The van der Waals surface area contributed by atoms with Gasteiger partial charge in [-0.1, -0.05) is 0 Å². The van der Waals surface area contributed by atoms with Crippen LogP contribution >= 0.6 is 0 Å². The second-order valence-electron chi connectivity index (χ2n) is 6.29. The summed E-state index contributed by atoms with van der Waals surface area (Å²) in [6.45, 7) is 7.20. The maximum atomic E-state index is 13.0.